The highest BCUT2D eigenvalue weighted by molar-refractivity contribution is 7.89. The van der Waals surface area contributed by atoms with Gasteiger partial charge in [-0.25, -0.2) is 13.1 Å². The van der Waals surface area contributed by atoms with Crippen LogP contribution >= 0.6 is 0 Å². The average Bonchev–Trinajstić information content (AvgIpc) is 3.14. The zero-order chi connectivity index (χ0) is 14.6. The Hall–Kier alpha value is -0.960. The van der Waals surface area contributed by atoms with Gasteiger partial charge in [-0.05, 0) is 26.3 Å². The van der Waals surface area contributed by atoms with E-state index in [4.69, 9.17) is 5.11 Å². The smallest absolute Gasteiger partial charge is 0.243 e. The molecule has 0 atom stereocenters. The molecule has 114 valence electrons. The number of nitrogens with zero attached hydrogens (tertiary/aromatic N) is 3. The number of aliphatic hydroxyl groups is 1. The van der Waals surface area contributed by atoms with E-state index in [0.717, 1.165) is 0 Å². The molecule has 0 bridgehead atoms. The molecule has 1 saturated carbocycles. The van der Waals surface area contributed by atoms with Gasteiger partial charge >= 0.3 is 0 Å². The van der Waals surface area contributed by atoms with Crippen LogP contribution in [0.5, 0.6) is 0 Å². The molecule has 1 fully saturated rings. The molecule has 1 aliphatic carbocycles. The summed E-state index contributed by atoms with van der Waals surface area (Å²) in [4.78, 5) is 2.34. The Balaban J connectivity index is 1.83. The van der Waals surface area contributed by atoms with Gasteiger partial charge in [-0.1, -0.05) is 0 Å². The maximum absolute atomic E-state index is 12.1. The van der Waals surface area contributed by atoms with Crippen molar-refractivity contribution in [3.63, 3.8) is 0 Å². The van der Waals surface area contributed by atoms with Crippen molar-refractivity contribution in [1.82, 2.24) is 19.4 Å². The summed E-state index contributed by atoms with van der Waals surface area (Å²) in [6, 6.07) is 0.626. The topological polar surface area (TPSA) is 87.5 Å². The SMILES string of the molecule is CN(CCNS(=O)(=O)c1cnn(CCCO)c1)C1CC1. The summed E-state index contributed by atoms with van der Waals surface area (Å²) in [5, 5.41) is 12.7. The van der Waals surface area contributed by atoms with Gasteiger partial charge in [-0.2, -0.15) is 5.10 Å². The number of likely N-dealkylation sites (N-methyl/N-ethyl adjacent to an activating group) is 1. The second-order valence-electron chi connectivity index (χ2n) is 5.13. The van der Waals surface area contributed by atoms with E-state index in [1.165, 1.54) is 29.9 Å². The number of hydrogen-bond acceptors (Lipinski definition) is 5. The fourth-order valence-corrected chi connectivity index (χ4v) is 2.95. The summed E-state index contributed by atoms with van der Waals surface area (Å²) >= 11 is 0. The largest absolute Gasteiger partial charge is 0.396 e. The Labute approximate surface area is 119 Å². The molecule has 0 aliphatic heterocycles. The Kier molecular flexibility index (Phi) is 5.14. The van der Waals surface area contributed by atoms with E-state index in [9.17, 15) is 8.42 Å². The molecule has 0 saturated heterocycles. The van der Waals surface area contributed by atoms with Gasteiger partial charge in [-0.15, -0.1) is 0 Å². The third kappa shape index (κ3) is 4.27. The number of aromatic nitrogens is 2. The van der Waals surface area contributed by atoms with Gasteiger partial charge in [0.2, 0.25) is 10.0 Å². The first-order valence-electron chi connectivity index (χ1n) is 6.86. The van der Waals surface area contributed by atoms with E-state index in [1.54, 1.807) is 0 Å². The van der Waals surface area contributed by atoms with Crippen LogP contribution in [0, 0.1) is 0 Å². The number of sulfonamides is 1. The molecule has 0 radical (unpaired) electrons. The second kappa shape index (κ2) is 6.66. The molecule has 0 aromatic carbocycles. The lowest BCUT2D eigenvalue weighted by Gasteiger charge is -2.15. The highest BCUT2D eigenvalue weighted by atomic mass is 32.2. The number of rotatable bonds is 9. The second-order valence-corrected chi connectivity index (χ2v) is 6.89. The lowest BCUT2D eigenvalue weighted by Crippen LogP contribution is -2.33. The molecule has 1 aromatic rings. The third-order valence-corrected chi connectivity index (χ3v) is 4.81. The summed E-state index contributed by atoms with van der Waals surface area (Å²) < 4.78 is 28.2. The molecular weight excluding hydrogens is 280 g/mol. The van der Waals surface area contributed by atoms with Crippen molar-refractivity contribution in [2.24, 2.45) is 0 Å². The van der Waals surface area contributed by atoms with Crippen molar-refractivity contribution >= 4 is 10.0 Å². The van der Waals surface area contributed by atoms with Crippen LogP contribution in [0.3, 0.4) is 0 Å². The highest BCUT2D eigenvalue weighted by Crippen LogP contribution is 2.24. The van der Waals surface area contributed by atoms with Crippen LogP contribution in [0.25, 0.3) is 0 Å². The van der Waals surface area contributed by atoms with Crippen molar-refractivity contribution in [2.45, 2.75) is 36.7 Å². The van der Waals surface area contributed by atoms with E-state index in [2.05, 4.69) is 14.7 Å². The summed E-state index contributed by atoms with van der Waals surface area (Å²) in [6.07, 6.45) is 5.80. The van der Waals surface area contributed by atoms with Crippen molar-refractivity contribution in [3.05, 3.63) is 12.4 Å². The summed E-state index contributed by atoms with van der Waals surface area (Å²) in [5.41, 5.74) is 0. The van der Waals surface area contributed by atoms with Crippen LogP contribution in [0.1, 0.15) is 19.3 Å². The number of nitrogens with one attached hydrogen (secondary N) is 1. The molecule has 1 aliphatic rings. The molecule has 1 aromatic heterocycles. The van der Waals surface area contributed by atoms with Crippen LogP contribution in [0.15, 0.2) is 17.3 Å². The van der Waals surface area contributed by atoms with Gasteiger partial charge < -0.3 is 10.0 Å². The van der Waals surface area contributed by atoms with Gasteiger partial charge in [0.1, 0.15) is 4.90 Å². The minimum absolute atomic E-state index is 0.0632. The van der Waals surface area contributed by atoms with Crippen molar-refractivity contribution in [1.29, 1.82) is 0 Å². The number of aryl methyl sites for hydroxylation is 1. The molecule has 2 rings (SSSR count). The van der Waals surface area contributed by atoms with Crippen LogP contribution in [-0.4, -0.2) is 61.0 Å². The Morgan fingerprint density at radius 1 is 1.55 bits per heavy atom. The van der Waals surface area contributed by atoms with E-state index in [-0.39, 0.29) is 11.5 Å². The Morgan fingerprint density at radius 2 is 2.30 bits per heavy atom. The lowest BCUT2D eigenvalue weighted by atomic mass is 10.5. The minimum atomic E-state index is -3.49. The van der Waals surface area contributed by atoms with E-state index in [0.29, 0.717) is 32.1 Å². The predicted molar refractivity (Wildman–Crippen MR) is 74.8 cm³/mol. The zero-order valence-electron chi connectivity index (χ0n) is 11.7. The van der Waals surface area contributed by atoms with Gasteiger partial charge in [0.25, 0.3) is 0 Å². The molecule has 20 heavy (non-hydrogen) atoms. The first-order valence-corrected chi connectivity index (χ1v) is 8.34. The lowest BCUT2D eigenvalue weighted by molar-refractivity contribution is 0.277. The van der Waals surface area contributed by atoms with Crippen molar-refractivity contribution < 1.29 is 13.5 Å². The van der Waals surface area contributed by atoms with Gasteiger partial charge in [0.05, 0.1) is 6.20 Å². The summed E-state index contributed by atoms with van der Waals surface area (Å²) in [6.45, 7) is 1.68. The van der Waals surface area contributed by atoms with Crippen molar-refractivity contribution in [2.75, 3.05) is 26.7 Å². The molecule has 7 nitrogen and oxygen atoms in total. The van der Waals surface area contributed by atoms with E-state index in [1.807, 2.05) is 7.05 Å². The molecule has 0 spiro atoms. The van der Waals surface area contributed by atoms with Crippen LogP contribution in [-0.2, 0) is 16.6 Å². The number of hydrogen-bond donors (Lipinski definition) is 2. The number of aliphatic hydroxyl groups excluding tert-OH is 1. The fraction of sp³-hybridized carbons (Fsp3) is 0.750. The fourth-order valence-electron chi connectivity index (χ4n) is 1.98. The normalized spacial score (nSPS) is 15.9. The minimum Gasteiger partial charge on any atom is -0.396 e. The Morgan fingerprint density at radius 3 is 2.95 bits per heavy atom. The Bertz CT molecular complexity index is 525. The molecule has 2 N–H and O–H groups in total. The monoisotopic (exact) mass is 302 g/mol. The van der Waals surface area contributed by atoms with Gasteiger partial charge in [0.15, 0.2) is 0 Å². The van der Waals surface area contributed by atoms with Crippen LogP contribution in [0.4, 0.5) is 0 Å². The van der Waals surface area contributed by atoms with Gasteiger partial charge in [0, 0.05) is 38.5 Å². The quantitative estimate of drug-likeness (QED) is 0.650. The average molecular weight is 302 g/mol. The molecule has 0 unspecified atom stereocenters. The maximum atomic E-state index is 12.1. The maximum Gasteiger partial charge on any atom is 0.243 e. The van der Waals surface area contributed by atoms with Crippen molar-refractivity contribution in [3.8, 4) is 0 Å². The summed E-state index contributed by atoms with van der Waals surface area (Å²) in [7, 11) is -1.48. The first-order chi connectivity index (χ1) is 9.53. The molecule has 0 amide bonds. The third-order valence-electron chi connectivity index (χ3n) is 3.39. The highest BCUT2D eigenvalue weighted by Gasteiger charge is 2.26. The van der Waals surface area contributed by atoms with E-state index >= 15 is 0 Å². The first kappa shape index (κ1) is 15.4. The zero-order valence-corrected chi connectivity index (χ0v) is 12.5. The molecular formula is C12H22N4O3S. The predicted octanol–water partition coefficient (Wildman–Crippen LogP) is -0.362. The molecule has 8 heteroatoms. The van der Waals surface area contributed by atoms with E-state index < -0.39 is 10.0 Å². The standard InChI is InChI=1S/C12H22N4O3S/c1-15(11-3-4-11)7-5-14-20(18,19)12-9-13-16(10-12)6-2-8-17/h9-11,14,17H,2-8H2,1H3. The van der Waals surface area contributed by atoms with Crippen LogP contribution < -0.4 is 4.72 Å². The van der Waals surface area contributed by atoms with Gasteiger partial charge in [-0.3, -0.25) is 4.68 Å². The molecule has 1 heterocycles. The van der Waals surface area contributed by atoms with Crippen LogP contribution in [0.2, 0.25) is 0 Å². The summed E-state index contributed by atoms with van der Waals surface area (Å²) in [5.74, 6) is 0.